The van der Waals surface area contributed by atoms with Crippen molar-refractivity contribution in [1.82, 2.24) is 0 Å². The molecule has 0 rings (SSSR count). The Labute approximate surface area is 121 Å². The lowest BCUT2D eigenvalue weighted by atomic mass is 10.1. The van der Waals surface area contributed by atoms with E-state index in [4.69, 9.17) is 0 Å². The van der Waals surface area contributed by atoms with Gasteiger partial charge in [0.15, 0.2) is 0 Å². The van der Waals surface area contributed by atoms with Gasteiger partial charge in [-0.15, -0.1) is 0 Å². The van der Waals surface area contributed by atoms with Gasteiger partial charge in [0.2, 0.25) is 0 Å². The van der Waals surface area contributed by atoms with Gasteiger partial charge in [0.05, 0.1) is 26.7 Å². The minimum atomic E-state index is -0.762. The summed E-state index contributed by atoms with van der Waals surface area (Å²) in [5.74, 6) is -0.555. The molecule has 20 heavy (non-hydrogen) atoms. The van der Waals surface area contributed by atoms with Crippen LogP contribution in [0.25, 0.3) is 0 Å². The average Bonchev–Trinajstić information content (AvgIpc) is 2.44. The van der Waals surface area contributed by atoms with Gasteiger partial charge in [-0.2, -0.15) is 0 Å². The molecule has 0 heterocycles. The maximum absolute atomic E-state index is 10.9. The number of hydrogen-bond donors (Lipinski definition) is 1. The molecule has 0 saturated carbocycles. The van der Waals surface area contributed by atoms with E-state index in [2.05, 4.69) is 9.47 Å². The molecular formula is C15H26O5. The van der Waals surface area contributed by atoms with Crippen LogP contribution in [0.1, 0.15) is 51.4 Å². The Morgan fingerprint density at radius 3 is 2.25 bits per heavy atom. The SMILES string of the molecule is COC(=O)CCCCCCCC=CC(O)CC(=O)OC. The Kier molecular flexibility index (Phi) is 11.8. The summed E-state index contributed by atoms with van der Waals surface area (Å²) in [6.07, 6.45) is 9.28. The Bertz CT molecular complexity index is 299. The largest absolute Gasteiger partial charge is 0.469 e. The van der Waals surface area contributed by atoms with Crippen molar-refractivity contribution in [3.8, 4) is 0 Å². The molecule has 0 amide bonds. The smallest absolute Gasteiger partial charge is 0.308 e. The topological polar surface area (TPSA) is 72.8 Å². The fourth-order valence-electron chi connectivity index (χ4n) is 1.74. The van der Waals surface area contributed by atoms with Gasteiger partial charge in [-0.1, -0.05) is 31.4 Å². The van der Waals surface area contributed by atoms with Crippen molar-refractivity contribution in [2.45, 2.75) is 57.5 Å². The van der Waals surface area contributed by atoms with Gasteiger partial charge in [-0.05, 0) is 19.3 Å². The van der Waals surface area contributed by atoms with Crippen LogP contribution >= 0.6 is 0 Å². The van der Waals surface area contributed by atoms with Crippen LogP contribution in [0.3, 0.4) is 0 Å². The molecule has 5 nitrogen and oxygen atoms in total. The van der Waals surface area contributed by atoms with E-state index in [9.17, 15) is 14.7 Å². The average molecular weight is 286 g/mol. The molecular weight excluding hydrogens is 260 g/mol. The lowest BCUT2D eigenvalue weighted by Gasteiger charge is -2.03. The number of methoxy groups -OCH3 is 2. The van der Waals surface area contributed by atoms with Crippen LogP contribution < -0.4 is 0 Å². The number of rotatable bonds is 11. The maximum Gasteiger partial charge on any atom is 0.308 e. The Hall–Kier alpha value is -1.36. The fraction of sp³-hybridized carbons (Fsp3) is 0.733. The van der Waals surface area contributed by atoms with Gasteiger partial charge in [0.1, 0.15) is 0 Å². The van der Waals surface area contributed by atoms with E-state index in [1.165, 1.54) is 14.2 Å². The molecule has 0 aliphatic heterocycles. The quantitative estimate of drug-likeness (QED) is 0.358. The molecule has 0 aliphatic rings. The molecule has 0 fully saturated rings. The number of carbonyl (C=O) groups is 2. The molecule has 0 aromatic rings. The molecule has 0 saturated heterocycles. The van der Waals surface area contributed by atoms with Gasteiger partial charge < -0.3 is 14.6 Å². The monoisotopic (exact) mass is 286 g/mol. The van der Waals surface area contributed by atoms with Crippen molar-refractivity contribution < 1.29 is 24.2 Å². The molecule has 0 aliphatic carbocycles. The number of allylic oxidation sites excluding steroid dienone is 1. The van der Waals surface area contributed by atoms with Crippen LogP contribution in [0.5, 0.6) is 0 Å². The van der Waals surface area contributed by atoms with E-state index < -0.39 is 12.1 Å². The first-order valence-electron chi connectivity index (χ1n) is 7.08. The summed E-state index contributed by atoms with van der Waals surface area (Å²) in [5, 5.41) is 9.47. The molecule has 0 spiro atoms. The zero-order valence-corrected chi connectivity index (χ0v) is 12.5. The van der Waals surface area contributed by atoms with Crippen molar-refractivity contribution in [2.24, 2.45) is 0 Å². The zero-order chi connectivity index (χ0) is 15.2. The van der Waals surface area contributed by atoms with E-state index in [0.29, 0.717) is 6.42 Å². The van der Waals surface area contributed by atoms with Gasteiger partial charge >= 0.3 is 11.9 Å². The van der Waals surface area contributed by atoms with Gasteiger partial charge in [0.25, 0.3) is 0 Å². The normalized spacial score (nSPS) is 12.3. The number of ether oxygens (including phenoxy) is 2. The highest BCUT2D eigenvalue weighted by Crippen LogP contribution is 2.08. The highest BCUT2D eigenvalue weighted by molar-refractivity contribution is 5.70. The molecule has 1 unspecified atom stereocenters. The van der Waals surface area contributed by atoms with Crippen LogP contribution in [0.2, 0.25) is 0 Å². The predicted molar refractivity (Wildman–Crippen MR) is 76.1 cm³/mol. The highest BCUT2D eigenvalue weighted by atomic mass is 16.5. The fourth-order valence-corrected chi connectivity index (χ4v) is 1.74. The third-order valence-electron chi connectivity index (χ3n) is 2.94. The summed E-state index contributed by atoms with van der Waals surface area (Å²) in [6.45, 7) is 0. The summed E-state index contributed by atoms with van der Waals surface area (Å²) < 4.78 is 9.03. The summed E-state index contributed by atoms with van der Waals surface area (Å²) in [4.78, 5) is 21.7. The molecule has 0 aromatic carbocycles. The highest BCUT2D eigenvalue weighted by Gasteiger charge is 2.06. The van der Waals surface area contributed by atoms with Crippen molar-refractivity contribution in [1.29, 1.82) is 0 Å². The van der Waals surface area contributed by atoms with E-state index in [1.807, 2.05) is 6.08 Å². The van der Waals surface area contributed by atoms with Gasteiger partial charge in [-0.25, -0.2) is 0 Å². The van der Waals surface area contributed by atoms with Crippen LogP contribution in [-0.4, -0.2) is 37.4 Å². The minimum Gasteiger partial charge on any atom is -0.469 e. The zero-order valence-electron chi connectivity index (χ0n) is 12.5. The second-order valence-corrected chi connectivity index (χ2v) is 4.66. The first kappa shape index (κ1) is 18.6. The lowest BCUT2D eigenvalue weighted by Crippen LogP contribution is -2.11. The van der Waals surface area contributed by atoms with Gasteiger partial charge in [-0.3, -0.25) is 9.59 Å². The number of aliphatic hydroxyl groups is 1. The Morgan fingerprint density at radius 2 is 1.60 bits per heavy atom. The lowest BCUT2D eigenvalue weighted by molar-refractivity contribution is -0.142. The number of carbonyl (C=O) groups excluding carboxylic acids is 2. The third-order valence-corrected chi connectivity index (χ3v) is 2.94. The van der Waals surface area contributed by atoms with Crippen LogP contribution in [0.15, 0.2) is 12.2 Å². The summed E-state index contributed by atoms with van der Waals surface area (Å²) >= 11 is 0. The predicted octanol–water partition coefficient (Wildman–Crippen LogP) is 2.37. The second kappa shape index (κ2) is 12.7. The van der Waals surface area contributed by atoms with Crippen molar-refractivity contribution in [3.63, 3.8) is 0 Å². The molecule has 0 aromatic heterocycles. The Balaban J connectivity index is 3.39. The molecule has 116 valence electrons. The molecule has 1 N–H and O–H groups in total. The van der Waals surface area contributed by atoms with Crippen molar-refractivity contribution >= 4 is 11.9 Å². The molecule has 0 radical (unpaired) electrons. The minimum absolute atomic E-state index is 0.000524. The van der Waals surface area contributed by atoms with E-state index >= 15 is 0 Å². The number of hydrogen-bond acceptors (Lipinski definition) is 5. The van der Waals surface area contributed by atoms with E-state index in [1.54, 1.807) is 6.08 Å². The maximum atomic E-state index is 10.9. The Morgan fingerprint density at radius 1 is 1.00 bits per heavy atom. The van der Waals surface area contributed by atoms with E-state index in [-0.39, 0.29) is 12.4 Å². The number of esters is 2. The third kappa shape index (κ3) is 11.7. The van der Waals surface area contributed by atoms with Gasteiger partial charge in [0, 0.05) is 6.42 Å². The molecule has 5 heteroatoms. The summed E-state index contributed by atoms with van der Waals surface area (Å²) in [7, 11) is 2.71. The molecule has 1 atom stereocenters. The second-order valence-electron chi connectivity index (χ2n) is 4.66. The first-order valence-corrected chi connectivity index (χ1v) is 7.08. The van der Waals surface area contributed by atoms with Crippen molar-refractivity contribution in [3.05, 3.63) is 12.2 Å². The van der Waals surface area contributed by atoms with Crippen LogP contribution in [0.4, 0.5) is 0 Å². The van der Waals surface area contributed by atoms with E-state index in [0.717, 1.165) is 38.5 Å². The van der Waals surface area contributed by atoms with Crippen molar-refractivity contribution in [2.75, 3.05) is 14.2 Å². The first-order chi connectivity index (χ1) is 9.60. The van der Waals surface area contributed by atoms with Crippen LogP contribution in [-0.2, 0) is 19.1 Å². The number of unbranched alkanes of at least 4 members (excludes halogenated alkanes) is 5. The summed E-state index contributed by atoms with van der Waals surface area (Å²) in [5.41, 5.74) is 0. The summed E-state index contributed by atoms with van der Waals surface area (Å²) in [6, 6.07) is 0. The van der Waals surface area contributed by atoms with Crippen LogP contribution in [0, 0.1) is 0 Å². The number of aliphatic hydroxyl groups excluding tert-OH is 1. The molecule has 0 bridgehead atoms. The standard InChI is InChI=1S/C15H26O5/c1-19-14(17)11-9-7-5-3-4-6-8-10-13(16)12-15(18)20-2/h8,10,13,16H,3-7,9,11-12H2,1-2H3.